The molecule has 0 amide bonds. The second-order valence-corrected chi connectivity index (χ2v) is 10.8. The largest absolute Gasteiger partial charge is 0.457 e. The number of ether oxygens (including phenoxy) is 1. The van der Waals surface area contributed by atoms with Crippen LogP contribution < -0.4 is 4.74 Å². The van der Waals surface area contributed by atoms with Gasteiger partial charge < -0.3 is 4.74 Å². The maximum Gasteiger partial charge on any atom is 0.128 e. The molecule has 4 aromatic heterocycles. The molecule has 4 heterocycles. The number of hydrogen-bond acceptors (Lipinski definition) is 5. The fourth-order valence-electron chi connectivity index (χ4n) is 5.75. The van der Waals surface area contributed by atoms with Crippen LogP contribution in [-0.4, -0.2) is 19.9 Å². The predicted molar refractivity (Wildman–Crippen MR) is 181 cm³/mol. The minimum absolute atomic E-state index is 0.692. The van der Waals surface area contributed by atoms with Crippen molar-refractivity contribution in [2.75, 3.05) is 0 Å². The summed E-state index contributed by atoms with van der Waals surface area (Å²) < 4.78 is 6.64. The second-order valence-electron chi connectivity index (χ2n) is 10.8. The van der Waals surface area contributed by atoms with Gasteiger partial charge in [0.25, 0.3) is 0 Å². The third-order valence-electron chi connectivity index (χ3n) is 7.88. The standard InChI is InChI=1S/C40H26N4O/c1-3-9-27(10-4-1)29-15-19-41-37(23-29)35-25-33(21-31-13-7-17-43-39(31)35)45-34-22-32-14-8-18-44-40(32)36(26-34)38-24-30(16-20-42-38)28-11-5-2-6-12-28/h1-26H. The summed E-state index contributed by atoms with van der Waals surface area (Å²) in [6.45, 7) is 0. The molecule has 8 aromatic rings. The van der Waals surface area contributed by atoms with Crippen LogP contribution in [0.3, 0.4) is 0 Å². The predicted octanol–water partition coefficient (Wildman–Crippen LogP) is 10.0. The minimum Gasteiger partial charge on any atom is -0.457 e. The van der Waals surface area contributed by atoms with E-state index < -0.39 is 0 Å². The average molecular weight is 579 g/mol. The fourth-order valence-corrected chi connectivity index (χ4v) is 5.75. The third-order valence-corrected chi connectivity index (χ3v) is 7.88. The van der Waals surface area contributed by atoms with E-state index in [4.69, 9.17) is 24.7 Å². The molecule has 5 nitrogen and oxygen atoms in total. The Balaban J connectivity index is 1.23. The van der Waals surface area contributed by atoms with E-state index in [9.17, 15) is 0 Å². The quantitative estimate of drug-likeness (QED) is 0.196. The Labute approximate surface area is 260 Å². The van der Waals surface area contributed by atoms with Gasteiger partial charge >= 0.3 is 0 Å². The maximum atomic E-state index is 6.64. The number of aromatic nitrogens is 4. The lowest BCUT2D eigenvalue weighted by molar-refractivity contribution is 0.484. The van der Waals surface area contributed by atoms with Crippen LogP contribution in [-0.2, 0) is 0 Å². The molecular formula is C40H26N4O. The van der Waals surface area contributed by atoms with Crippen LogP contribution >= 0.6 is 0 Å². The van der Waals surface area contributed by atoms with E-state index in [1.165, 1.54) is 0 Å². The average Bonchev–Trinajstić information content (AvgIpc) is 3.12. The van der Waals surface area contributed by atoms with Crippen molar-refractivity contribution in [2.45, 2.75) is 0 Å². The van der Waals surface area contributed by atoms with Gasteiger partial charge in [-0.25, -0.2) is 0 Å². The molecule has 0 spiro atoms. The highest BCUT2D eigenvalue weighted by Crippen LogP contribution is 2.38. The molecule has 8 rings (SSSR count). The Hall–Kier alpha value is -6.20. The second kappa shape index (κ2) is 11.5. The number of fused-ring (bicyclic) bond motifs is 2. The lowest BCUT2D eigenvalue weighted by Gasteiger charge is -2.14. The van der Waals surface area contributed by atoms with E-state index in [-0.39, 0.29) is 0 Å². The summed E-state index contributed by atoms with van der Waals surface area (Å²) in [5, 5.41) is 1.94. The van der Waals surface area contributed by atoms with Crippen LogP contribution in [0.15, 0.2) is 158 Å². The molecule has 0 bridgehead atoms. The van der Waals surface area contributed by atoms with Crippen LogP contribution in [0.2, 0.25) is 0 Å². The van der Waals surface area contributed by atoms with Crippen molar-refractivity contribution in [3.8, 4) is 56.3 Å². The van der Waals surface area contributed by atoms with E-state index in [1.807, 2.05) is 110 Å². The van der Waals surface area contributed by atoms with Crippen molar-refractivity contribution in [1.82, 2.24) is 19.9 Å². The molecule has 212 valence electrons. The van der Waals surface area contributed by atoms with Gasteiger partial charge in [-0.3, -0.25) is 19.9 Å². The first-order valence-electron chi connectivity index (χ1n) is 14.8. The van der Waals surface area contributed by atoms with Gasteiger partial charge in [-0.2, -0.15) is 0 Å². The van der Waals surface area contributed by atoms with Crippen LogP contribution in [0.5, 0.6) is 11.5 Å². The number of benzene rings is 4. The maximum absolute atomic E-state index is 6.64. The molecule has 0 fully saturated rings. The first-order chi connectivity index (χ1) is 22.3. The van der Waals surface area contributed by atoms with E-state index in [0.717, 1.165) is 66.6 Å². The molecule has 0 aliphatic heterocycles. The monoisotopic (exact) mass is 578 g/mol. The van der Waals surface area contributed by atoms with Crippen molar-refractivity contribution >= 4 is 21.8 Å². The first kappa shape index (κ1) is 26.4. The topological polar surface area (TPSA) is 60.8 Å². The van der Waals surface area contributed by atoms with Gasteiger partial charge in [0.2, 0.25) is 0 Å². The zero-order chi connectivity index (χ0) is 30.0. The molecule has 0 aliphatic rings. The molecule has 0 aliphatic carbocycles. The van der Waals surface area contributed by atoms with Crippen LogP contribution in [0.1, 0.15) is 0 Å². The molecule has 0 N–H and O–H groups in total. The van der Waals surface area contributed by atoms with Gasteiger partial charge in [0.05, 0.1) is 22.4 Å². The summed E-state index contributed by atoms with van der Waals surface area (Å²) in [6.07, 6.45) is 7.32. The smallest absolute Gasteiger partial charge is 0.128 e. The molecule has 0 saturated carbocycles. The lowest BCUT2D eigenvalue weighted by Crippen LogP contribution is -1.94. The Morgan fingerprint density at radius 1 is 0.356 bits per heavy atom. The van der Waals surface area contributed by atoms with Crippen molar-refractivity contribution in [1.29, 1.82) is 0 Å². The van der Waals surface area contributed by atoms with Gasteiger partial charge in [-0.05, 0) is 82.9 Å². The van der Waals surface area contributed by atoms with Gasteiger partial charge in [0.1, 0.15) is 11.5 Å². The Morgan fingerprint density at radius 3 is 1.29 bits per heavy atom. The molecule has 4 aromatic carbocycles. The highest BCUT2D eigenvalue weighted by atomic mass is 16.5. The Kier molecular flexibility index (Phi) is 6.74. The zero-order valence-corrected chi connectivity index (χ0v) is 24.2. The number of pyridine rings is 4. The Morgan fingerprint density at radius 2 is 0.822 bits per heavy atom. The van der Waals surface area contributed by atoms with E-state index in [0.29, 0.717) is 11.5 Å². The minimum atomic E-state index is 0.692. The summed E-state index contributed by atoms with van der Waals surface area (Å²) in [6, 6.07) is 45.0. The highest BCUT2D eigenvalue weighted by Gasteiger charge is 2.15. The molecule has 0 unspecified atom stereocenters. The molecular weight excluding hydrogens is 552 g/mol. The SMILES string of the molecule is c1ccc(-c2ccnc(-c3cc(Oc4cc(-c5cc(-c6ccccc6)ccn5)c5ncccc5c4)cc4cccnc34)c2)cc1. The van der Waals surface area contributed by atoms with Gasteiger partial charge in [-0.1, -0.05) is 72.8 Å². The van der Waals surface area contributed by atoms with E-state index in [2.05, 4.69) is 48.5 Å². The van der Waals surface area contributed by atoms with Crippen molar-refractivity contribution in [3.63, 3.8) is 0 Å². The van der Waals surface area contributed by atoms with Crippen LogP contribution in [0, 0.1) is 0 Å². The molecule has 0 radical (unpaired) electrons. The third kappa shape index (κ3) is 5.28. The number of rotatable bonds is 6. The van der Waals surface area contributed by atoms with E-state index in [1.54, 1.807) is 0 Å². The summed E-state index contributed by atoms with van der Waals surface area (Å²) in [5.41, 5.74) is 9.65. The fraction of sp³-hybridized carbons (Fsp3) is 0. The first-order valence-corrected chi connectivity index (χ1v) is 14.8. The normalized spacial score (nSPS) is 11.1. The van der Waals surface area contributed by atoms with Gasteiger partial charge in [0.15, 0.2) is 0 Å². The molecule has 0 saturated heterocycles. The zero-order valence-electron chi connectivity index (χ0n) is 24.2. The summed E-state index contributed by atoms with van der Waals surface area (Å²) >= 11 is 0. The van der Waals surface area contributed by atoms with Crippen molar-refractivity contribution < 1.29 is 4.74 Å². The van der Waals surface area contributed by atoms with Gasteiger partial charge in [-0.15, -0.1) is 0 Å². The lowest BCUT2D eigenvalue weighted by atomic mass is 10.0. The van der Waals surface area contributed by atoms with E-state index >= 15 is 0 Å². The molecule has 5 heteroatoms. The number of hydrogen-bond donors (Lipinski definition) is 0. The van der Waals surface area contributed by atoms with Crippen LogP contribution in [0.25, 0.3) is 66.6 Å². The molecule has 0 atom stereocenters. The molecule has 45 heavy (non-hydrogen) atoms. The Bertz CT molecular complexity index is 2140. The highest BCUT2D eigenvalue weighted by molar-refractivity contribution is 5.96. The van der Waals surface area contributed by atoms with Crippen molar-refractivity contribution in [3.05, 3.63) is 158 Å². The summed E-state index contributed by atoms with van der Waals surface area (Å²) in [4.78, 5) is 18.9. The van der Waals surface area contributed by atoms with Crippen LogP contribution in [0.4, 0.5) is 0 Å². The van der Waals surface area contributed by atoms with Gasteiger partial charge in [0, 0.05) is 46.7 Å². The van der Waals surface area contributed by atoms with Crippen molar-refractivity contribution in [2.24, 2.45) is 0 Å². The summed E-state index contributed by atoms with van der Waals surface area (Å²) in [7, 11) is 0. The summed E-state index contributed by atoms with van der Waals surface area (Å²) in [5.74, 6) is 1.38. The number of nitrogens with zero attached hydrogens (tertiary/aromatic N) is 4.